The number of carbonyl (C=O) groups is 7. The van der Waals surface area contributed by atoms with Gasteiger partial charge in [-0.25, -0.2) is 0 Å². The lowest BCUT2D eigenvalue weighted by atomic mass is 9.87. The van der Waals surface area contributed by atoms with Crippen molar-refractivity contribution in [2.75, 3.05) is 52.9 Å². The van der Waals surface area contributed by atoms with Gasteiger partial charge in [-0.05, 0) is 83.3 Å². The Kier molecular flexibility index (Phi) is 19.3. The number of hydrogen-bond donors (Lipinski definition) is 3. The fourth-order valence-electron chi connectivity index (χ4n) is 11.3. The molecule has 5 heterocycles. The summed E-state index contributed by atoms with van der Waals surface area (Å²) in [5, 5.41) is 8.25. The van der Waals surface area contributed by atoms with Crippen molar-refractivity contribution in [3.05, 3.63) is 107 Å². The average Bonchev–Trinajstić information content (AvgIpc) is 3.36. The van der Waals surface area contributed by atoms with Gasteiger partial charge in [-0.1, -0.05) is 71.2 Å². The number of ether oxygens (including phenoxy) is 5. The molecule has 4 aromatic rings. The van der Waals surface area contributed by atoms with Crippen LogP contribution in [-0.2, 0) is 24.0 Å². The van der Waals surface area contributed by atoms with Crippen LogP contribution in [0.25, 0.3) is 11.1 Å². The summed E-state index contributed by atoms with van der Waals surface area (Å²) < 4.78 is 29.0. The molecule has 7 amide bonds. The maximum absolute atomic E-state index is 14.1. The van der Waals surface area contributed by atoms with E-state index in [4.69, 9.17) is 33.7 Å². The van der Waals surface area contributed by atoms with Crippen molar-refractivity contribution in [2.24, 2.45) is 27.7 Å². The fourth-order valence-corrected chi connectivity index (χ4v) is 11.3. The van der Waals surface area contributed by atoms with Crippen LogP contribution in [0.1, 0.15) is 124 Å². The number of imide groups is 1. The second kappa shape index (κ2) is 27.1. The van der Waals surface area contributed by atoms with Crippen molar-refractivity contribution in [3.63, 3.8) is 0 Å². The number of fused-ring (bicyclic) bond motifs is 4. The number of unbranched alkanes of at least 4 members (excludes halogenated alkanes) is 2. The molecule has 5 aliphatic heterocycles. The molecule has 4 atom stereocenters. The Morgan fingerprint density at radius 2 is 1.19 bits per heavy atom. The molecule has 20 heteroatoms. The zero-order valence-corrected chi connectivity index (χ0v) is 48.7. The number of benzene rings is 4. The van der Waals surface area contributed by atoms with Crippen LogP contribution in [0.15, 0.2) is 95.2 Å². The van der Waals surface area contributed by atoms with E-state index in [1.54, 1.807) is 65.7 Å². The third-order valence-corrected chi connectivity index (χ3v) is 16.1. The summed E-state index contributed by atoms with van der Waals surface area (Å²) in [7, 11) is 4.65. The van der Waals surface area contributed by atoms with Crippen molar-refractivity contribution in [1.29, 1.82) is 0 Å². The maximum atomic E-state index is 14.1. The third kappa shape index (κ3) is 13.5. The van der Waals surface area contributed by atoms with Crippen molar-refractivity contribution >= 4 is 82.0 Å². The van der Waals surface area contributed by atoms with Crippen LogP contribution in [0.5, 0.6) is 28.7 Å². The van der Waals surface area contributed by atoms with E-state index in [0.29, 0.717) is 96.3 Å². The lowest BCUT2D eigenvalue weighted by Crippen LogP contribution is -2.51. The molecular weight excluding hydrogens is 1070 g/mol. The molecule has 84 heavy (non-hydrogen) atoms. The van der Waals surface area contributed by atoms with Crippen LogP contribution >= 0.6 is 0 Å². The Balaban J connectivity index is 0.715. The van der Waals surface area contributed by atoms with Gasteiger partial charge in [0.1, 0.15) is 11.8 Å². The zero-order valence-electron chi connectivity index (χ0n) is 48.7. The van der Waals surface area contributed by atoms with Gasteiger partial charge in [0.15, 0.2) is 23.0 Å². The highest BCUT2D eigenvalue weighted by atomic mass is 16.5. The van der Waals surface area contributed by atoms with Gasteiger partial charge < -0.3 is 49.4 Å². The lowest BCUT2D eigenvalue weighted by Gasteiger charge is -2.22. The summed E-state index contributed by atoms with van der Waals surface area (Å²) in [6, 6.07) is 20.2. The van der Waals surface area contributed by atoms with Crippen LogP contribution < -0.4 is 39.6 Å². The summed E-state index contributed by atoms with van der Waals surface area (Å²) >= 11 is 0. The van der Waals surface area contributed by atoms with Crippen molar-refractivity contribution in [2.45, 2.75) is 110 Å². The van der Waals surface area contributed by atoms with E-state index in [1.165, 1.54) is 19.1 Å². The maximum Gasteiger partial charge on any atom is 0.260 e. The van der Waals surface area contributed by atoms with Crippen LogP contribution in [0.3, 0.4) is 0 Å². The molecule has 0 aliphatic carbocycles. The minimum Gasteiger partial charge on any atom is -0.497 e. The predicted octanol–water partition coefficient (Wildman–Crippen LogP) is 9.07. The van der Waals surface area contributed by atoms with Crippen molar-refractivity contribution < 1.29 is 57.2 Å². The first-order valence-electron chi connectivity index (χ1n) is 28.9. The second-order valence-electron chi connectivity index (χ2n) is 21.9. The molecule has 4 aromatic carbocycles. The Hall–Kier alpha value is -8.81. The highest BCUT2D eigenvalue weighted by Crippen LogP contribution is 2.42. The Bertz CT molecular complexity index is 3280. The van der Waals surface area contributed by atoms with Gasteiger partial charge in [0, 0.05) is 81.3 Å². The van der Waals surface area contributed by atoms with E-state index in [2.05, 4.69) is 16.0 Å². The Labute approximate surface area is 489 Å². The smallest absolute Gasteiger partial charge is 0.260 e. The van der Waals surface area contributed by atoms with E-state index in [-0.39, 0.29) is 92.0 Å². The molecule has 1 saturated heterocycles. The molecule has 9 rings (SSSR count). The van der Waals surface area contributed by atoms with Crippen LogP contribution in [0.4, 0.5) is 17.1 Å². The normalized spacial score (nSPS) is 18.1. The summed E-state index contributed by atoms with van der Waals surface area (Å²) in [5.74, 6) is 0.218. The molecule has 20 nitrogen and oxygen atoms in total. The SMILES string of the molecule is CCC(CC)C1CC(=O)N(CCCCCC(=O)NC(C(=O)NCC(=O)Nc2ccc(C3=CN4C(=O)c5cc(OC)c(OCCCOc6cc7c(cc6OC)C(=O)N6C=C(c8ccc(OC)cc8)C[C@H]6C=N7)cc5N=CC4C3)cc2)C(C)C)C1=O. The average molecular weight is 1150 g/mol. The number of rotatable bonds is 26. The van der Waals surface area contributed by atoms with Crippen LogP contribution in [0, 0.1) is 17.8 Å². The van der Waals surface area contributed by atoms with Gasteiger partial charge in [0.05, 0.1) is 81.6 Å². The molecule has 3 N–H and O–H groups in total. The Morgan fingerprint density at radius 1 is 0.643 bits per heavy atom. The van der Waals surface area contributed by atoms with Crippen LogP contribution in [-0.4, -0.2) is 134 Å². The van der Waals surface area contributed by atoms with E-state index in [0.717, 1.165) is 40.9 Å². The molecule has 0 aromatic heterocycles. The lowest BCUT2D eigenvalue weighted by molar-refractivity contribution is -0.140. The van der Waals surface area contributed by atoms with Gasteiger partial charge in [0.25, 0.3) is 11.8 Å². The molecule has 0 spiro atoms. The van der Waals surface area contributed by atoms with E-state index in [1.807, 2.05) is 76.5 Å². The summed E-state index contributed by atoms with van der Waals surface area (Å²) in [4.78, 5) is 107. The number of hydrogen-bond acceptors (Lipinski definition) is 14. The van der Waals surface area contributed by atoms with Crippen LogP contribution in [0.2, 0.25) is 0 Å². The highest BCUT2D eigenvalue weighted by molar-refractivity contribution is 6.07. The number of carbonyl (C=O) groups excluding carboxylic acids is 7. The number of anilines is 1. The molecule has 0 bridgehead atoms. The molecule has 3 unspecified atom stereocenters. The fraction of sp³-hybridized carbons (Fsp3) is 0.422. The summed E-state index contributed by atoms with van der Waals surface area (Å²) in [5.41, 5.74) is 5.97. The van der Waals surface area contributed by atoms with E-state index < -0.39 is 17.9 Å². The first-order valence-corrected chi connectivity index (χ1v) is 28.9. The monoisotopic (exact) mass is 1150 g/mol. The largest absolute Gasteiger partial charge is 0.497 e. The van der Waals surface area contributed by atoms with E-state index in [9.17, 15) is 33.6 Å². The molecule has 0 saturated carbocycles. The predicted molar refractivity (Wildman–Crippen MR) is 318 cm³/mol. The number of aliphatic imine (C=N–C) groups is 2. The minimum absolute atomic E-state index is 0.0842. The molecule has 442 valence electrons. The zero-order chi connectivity index (χ0) is 59.6. The highest BCUT2D eigenvalue weighted by Gasteiger charge is 2.41. The number of amides is 7. The minimum atomic E-state index is -0.853. The number of methoxy groups -OCH3 is 3. The topological polar surface area (TPSA) is 236 Å². The van der Waals surface area contributed by atoms with Gasteiger partial charge >= 0.3 is 0 Å². The first-order chi connectivity index (χ1) is 40.6. The quantitative estimate of drug-likeness (QED) is 0.0394. The summed E-state index contributed by atoms with van der Waals surface area (Å²) in [6.45, 7) is 8.24. The number of nitrogens with zero attached hydrogens (tertiary/aromatic N) is 5. The molecular formula is C64H74N8O12. The third-order valence-electron chi connectivity index (χ3n) is 16.1. The van der Waals surface area contributed by atoms with E-state index >= 15 is 0 Å². The second-order valence-corrected chi connectivity index (χ2v) is 21.9. The van der Waals surface area contributed by atoms with Gasteiger partial charge in [0.2, 0.25) is 29.5 Å². The van der Waals surface area contributed by atoms with Crippen molar-refractivity contribution in [3.8, 4) is 28.7 Å². The molecule has 1 fully saturated rings. The first kappa shape index (κ1) is 59.8. The number of likely N-dealkylation sites (tertiary alicyclic amines) is 1. The standard InChI is InChI=1S/C64H74N8O12/c1-8-39(9-2)48-30-59(75)70(62(48)77)23-12-10-11-14-57(73)69-60(38(3)4)61(76)67-35-58(74)68-44-19-15-40(16-20-44)42-26-45-33-65-51-31-55(53(81-6)28-49(51)63(78)71(45)36-42)83-24-13-25-84-56-32-52-50(29-54(56)82-7)64(79)72-37-43(27-46(72)34-66-52)41-17-21-47(80-5)22-18-41/h15-22,28-29,31-34,36-39,45-46,48,60H,8-14,23-27,30,35H2,1-7H3,(H,67,76)(H,68,74)(H,69,73)/t45?,46-,48?,60?/m0/s1. The summed E-state index contributed by atoms with van der Waals surface area (Å²) in [6.07, 6.45) is 12.8. The van der Waals surface area contributed by atoms with Gasteiger partial charge in [-0.3, -0.25) is 48.4 Å². The van der Waals surface area contributed by atoms with Gasteiger partial charge in [-0.15, -0.1) is 0 Å². The van der Waals surface area contributed by atoms with Gasteiger partial charge in [-0.2, -0.15) is 0 Å². The molecule has 0 radical (unpaired) electrons. The molecule has 5 aliphatic rings. The number of nitrogens with one attached hydrogen (secondary N) is 3. The Morgan fingerprint density at radius 3 is 1.70 bits per heavy atom. The van der Waals surface area contributed by atoms with Crippen molar-refractivity contribution in [1.82, 2.24) is 25.3 Å².